The zero-order valence-corrected chi connectivity index (χ0v) is 7.77. The number of aryl methyl sites for hydroxylation is 1. The van der Waals surface area contributed by atoms with Gasteiger partial charge in [-0.3, -0.25) is 10.1 Å². The van der Waals surface area contributed by atoms with Crippen molar-refractivity contribution in [1.82, 2.24) is 0 Å². The van der Waals surface area contributed by atoms with Crippen LogP contribution in [0.4, 0.5) is 5.69 Å². The Morgan fingerprint density at radius 2 is 2.29 bits per heavy atom. The van der Waals surface area contributed by atoms with Crippen LogP contribution in [-0.2, 0) is 6.42 Å². The number of nitro benzene ring substituents is 1. The first kappa shape index (κ1) is 9.15. The Balaban J connectivity index is 2.57. The fourth-order valence-electron chi connectivity index (χ4n) is 2.06. The molecule has 2 rings (SSSR count). The van der Waals surface area contributed by atoms with Gasteiger partial charge in [0.15, 0.2) is 0 Å². The summed E-state index contributed by atoms with van der Waals surface area (Å²) in [5.74, 6) is 0. The first-order valence-corrected chi connectivity index (χ1v) is 4.72. The fraction of sp³-hybridized carbons (Fsp3) is 0.400. The fourth-order valence-corrected chi connectivity index (χ4v) is 2.06. The second kappa shape index (κ2) is 3.38. The minimum Gasteiger partial charge on any atom is -0.324 e. The second-order valence-corrected chi connectivity index (χ2v) is 3.61. The monoisotopic (exact) mass is 192 g/mol. The number of rotatable bonds is 1. The van der Waals surface area contributed by atoms with Crippen molar-refractivity contribution >= 4 is 5.69 Å². The lowest BCUT2D eigenvalue weighted by molar-refractivity contribution is -0.385. The molecule has 0 amide bonds. The molecule has 74 valence electrons. The zero-order valence-electron chi connectivity index (χ0n) is 7.77. The van der Waals surface area contributed by atoms with E-state index < -0.39 is 0 Å². The molecule has 1 aromatic carbocycles. The van der Waals surface area contributed by atoms with Gasteiger partial charge < -0.3 is 5.73 Å². The lowest BCUT2D eigenvalue weighted by atomic mass is 9.87. The number of benzene rings is 1. The Kier molecular flexibility index (Phi) is 2.21. The maximum Gasteiger partial charge on any atom is 0.274 e. The van der Waals surface area contributed by atoms with Gasteiger partial charge in [0.2, 0.25) is 0 Å². The predicted octanol–water partition coefficient (Wildman–Crippen LogP) is 1.93. The third-order valence-corrected chi connectivity index (χ3v) is 2.70. The zero-order chi connectivity index (χ0) is 10.1. The summed E-state index contributed by atoms with van der Waals surface area (Å²) in [5, 5.41) is 10.8. The average molecular weight is 192 g/mol. The molecule has 1 aromatic rings. The first-order valence-electron chi connectivity index (χ1n) is 4.72. The molecule has 2 N–H and O–H groups in total. The van der Waals surface area contributed by atoms with Crippen LogP contribution in [0, 0.1) is 10.1 Å². The topological polar surface area (TPSA) is 69.2 Å². The maximum absolute atomic E-state index is 10.8. The Morgan fingerprint density at radius 1 is 1.50 bits per heavy atom. The number of fused-ring (bicyclic) bond motifs is 1. The van der Waals surface area contributed by atoms with E-state index in [0.29, 0.717) is 0 Å². The molecule has 1 unspecified atom stereocenters. The predicted molar refractivity (Wildman–Crippen MR) is 53.0 cm³/mol. The first-order chi connectivity index (χ1) is 6.70. The highest BCUT2D eigenvalue weighted by atomic mass is 16.6. The van der Waals surface area contributed by atoms with Gasteiger partial charge in [0.25, 0.3) is 5.69 Å². The van der Waals surface area contributed by atoms with Crippen LogP contribution in [0.3, 0.4) is 0 Å². The third-order valence-electron chi connectivity index (χ3n) is 2.70. The summed E-state index contributed by atoms with van der Waals surface area (Å²) in [6.45, 7) is 0. The number of nitro groups is 1. The molecule has 0 saturated heterocycles. The van der Waals surface area contributed by atoms with Crippen molar-refractivity contribution in [2.24, 2.45) is 5.73 Å². The highest BCUT2D eigenvalue weighted by Crippen LogP contribution is 2.34. The summed E-state index contributed by atoms with van der Waals surface area (Å²) in [4.78, 5) is 10.4. The van der Waals surface area contributed by atoms with Gasteiger partial charge in [-0.1, -0.05) is 12.1 Å². The quantitative estimate of drug-likeness (QED) is 0.546. The number of hydrogen-bond acceptors (Lipinski definition) is 3. The Labute approximate surface area is 81.9 Å². The van der Waals surface area contributed by atoms with E-state index in [1.54, 1.807) is 6.07 Å². The largest absolute Gasteiger partial charge is 0.324 e. The molecular formula is C10H12N2O2. The molecule has 1 atom stereocenters. The van der Waals surface area contributed by atoms with Crippen LogP contribution in [0.25, 0.3) is 0 Å². The minimum absolute atomic E-state index is 0.166. The molecule has 0 bridgehead atoms. The molecule has 0 radical (unpaired) electrons. The van der Waals surface area contributed by atoms with Crippen molar-refractivity contribution in [2.45, 2.75) is 25.3 Å². The van der Waals surface area contributed by atoms with Crippen LogP contribution in [-0.4, -0.2) is 4.92 Å². The molecule has 0 fully saturated rings. The lowest BCUT2D eigenvalue weighted by Crippen LogP contribution is -2.18. The Hall–Kier alpha value is -1.42. The van der Waals surface area contributed by atoms with E-state index in [1.165, 1.54) is 6.07 Å². The Bertz CT molecular complexity index is 376. The highest BCUT2D eigenvalue weighted by Gasteiger charge is 2.25. The summed E-state index contributed by atoms with van der Waals surface area (Å²) in [6, 6.07) is 5.03. The molecular weight excluding hydrogens is 180 g/mol. The average Bonchev–Trinajstić information content (AvgIpc) is 2.17. The van der Waals surface area contributed by atoms with E-state index in [1.807, 2.05) is 6.07 Å². The van der Waals surface area contributed by atoms with Gasteiger partial charge in [0.05, 0.1) is 4.92 Å². The van der Waals surface area contributed by atoms with Gasteiger partial charge in [-0.2, -0.15) is 0 Å². The molecule has 0 spiro atoms. The van der Waals surface area contributed by atoms with Gasteiger partial charge in [0, 0.05) is 17.7 Å². The van der Waals surface area contributed by atoms with Crippen LogP contribution in [0.1, 0.15) is 30.0 Å². The molecule has 0 aliphatic heterocycles. The maximum atomic E-state index is 10.8. The van der Waals surface area contributed by atoms with Crippen LogP contribution < -0.4 is 5.73 Å². The second-order valence-electron chi connectivity index (χ2n) is 3.61. The molecule has 0 heterocycles. The standard InChI is InChI=1S/C10H12N2O2/c11-8-5-1-3-7-4-2-6-9(10(7)8)12(13)14/h2,4,6,8H,1,3,5,11H2. The van der Waals surface area contributed by atoms with Gasteiger partial charge in [0.1, 0.15) is 0 Å². The van der Waals surface area contributed by atoms with Crippen molar-refractivity contribution in [3.05, 3.63) is 39.4 Å². The van der Waals surface area contributed by atoms with Crippen LogP contribution in [0.15, 0.2) is 18.2 Å². The van der Waals surface area contributed by atoms with E-state index in [2.05, 4.69) is 0 Å². The van der Waals surface area contributed by atoms with Crippen molar-refractivity contribution in [2.75, 3.05) is 0 Å². The summed E-state index contributed by atoms with van der Waals surface area (Å²) in [7, 11) is 0. The van der Waals surface area contributed by atoms with E-state index in [0.717, 1.165) is 30.4 Å². The highest BCUT2D eigenvalue weighted by molar-refractivity contribution is 5.48. The minimum atomic E-state index is -0.343. The van der Waals surface area contributed by atoms with Gasteiger partial charge in [-0.05, 0) is 24.8 Å². The lowest BCUT2D eigenvalue weighted by Gasteiger charge is -2.21. The van der Waals surface area contributed by atoms with Crippen molar-refractivity contribution < 1.29 is 4.92 Å². The van der Waals surface area contributed by atoms with Gasteiger partial charge in [-0.15, -0.1) is 0 Å². The molecule has 14 heavy (non-hydrogen) atoms. The molecule has 1 aliphatic carbocycles. The smallest absolute Gasteiger partial charge is 0.274 e. The van der Waals surface area contributed by atoms with E-state index in [-0.39, 0.29) is 16.7 Å². The van der Waals surface area contributed by atoms with E-state index in [4.69, 9.17) is 5.73 Å². The van der Waals surface area contributed by atoms with Crippen molar-refractivity contribution in [3.8, 4) is 0 Å². The Morgan fingerprint density at radius 3 is 3.00 bits per heavy atom. The molecule has 0 aromatic heterocycles. The molecule has 0 saturated carbocycles. The summed E-state index contributed by atoms with van der Waals surface area (Å²) in [5.41, 5.74) is 7.84. The summed E-state index contributed by atoms with van der Waals surface area (Å²) >= 11 is 0. The summed E-state index contributed by atoms with van der Waals surface area (Å²) in [6.07, 6.45) is 2.78. The number of nitrogens with two attached hydrogens (primary N) is 1. The third kappa shape index (κ3) is 1.37. The van der Waals surface area contributed by atoms with Gasteiger partial charge >= 0.3 is 0 Å². The van der Waals surface area contributed by atoms with Crippen LogP contribution >= 0.6 is 0 Å². The SMILES string of the molecule is NC1CCCc2cccc([N+](=O)[O-])c21. The van der Waals surface area contributed by atoms with Crippen molar-refractivity contribution in [3.63, 3.8) is 0 Å². The van der Waals surface area contributed by atoms with Crippen molar-refractivity contribution in [1.29, 1.82) is 0 Å². The number of hydrogen-bond donors (Lipinski definition) is 1. The van der Waals surface area contributed by atoms with Gasteiger partial charge in [-0.25, -0.2) is 0 Å². The molecule has 4 nitrogen and oxygen atoms in total. The summed E-state index contributed by atoms with van der Waals surface area (Å²) < 4.78 is 0. The van der Waals surface area contributed by atoms with Crippen LogP contribution in [0.5, 0.6) is 0 Å². The normalized spacial score (nSPS) is 20.2. The van der Waals surface area contributed by atoms with Crippen LogP contribution in [0.2, 0.25) is 0 Å². The van der Waals surface area contributed by atoms with E-state index >= 15 is 0 Å². The molecule has 1 aliphatic rings. The molecule has 4 heteroatoms. The number of nitrogens with zero attached hydrogens (tertiary/aromatic N) is 1. The van der Waals surface area contributed by atoms with E-state index in [9.17, 15) is 10.1 Å².